The zero-order chi connectivity index (χ0) is 29.9. The zero-order valence-corrected chi connectivity index (χ0v) is 24.2. The first-order chi connectivity index (χ1) is 19.3. The molecule has 13 heteroatoms. The Labute approximate surface area is 242 Å². The van der Waals surface area contributed by atoms with Crippen LogP contribution < -0.4 is 19.8 Å². The lowest BCUT2D eigenvalue weighted by molar-refractivity contribution is -0.153. The molecule has 0 saturated carbocycles. The summed E-state index contributed by atoms with van der Waals surface area (Å²) in [7, 11) is 1.57. The van der Waals surface area contributed by atoms with Crippen molar-refractivity contribution >= 4 is 33.9 Å². The molecule has 1 N–H and O–H groups in total. The number of halogens is 4. The van der Waals surface area contributed by atoms with Crippen LogP contribution in [0.3, 0.4) is 0 Å². The molecule has 8 nitrogen and oxygen atoms in total. The summed E-state index contributed by atoms with van der Waals surface area (Å²) < 4.78 is 67.7. The monoisotopic (exact) mass is 608 g/mol. The molecule has 0 amide bonds. The van der Waals surface area contributed by atoms with Crippen LogP contribution in [0.2, 0.25) is 5.02 Å². The maximum absolute atomic E-state index is 13.9. The number of pyridine rings is 1. The van der Waals surface area contributed by atoms with Gasteiger partial charge < -0.3 is 14.0 Å². The number of rotatable bonds is 9. The third-order valence-corrected chi connectivity index (χ3v) is 7.94. The Morgan fingerprint density at radius 1 is 1.10 bits per heavy atom. The van der Waals surface area contributed by atoms with E-state index in [4.69, 9.17) is 21.1 Å². The summed E-state index contributed by atoms with van der Waals surface area (Å²) in [5.41, 5.74) is 0.765. The minimum Gasteiger partial charge on any atom is -0.598 e. The van der Waals surface area contributed by atoms with E-state index in [9.17, 15) is 22.5 Å². The third kappa shape index (κ3) is 7.31. The highest BCUT2D eigenvalue weighted by molar-refractivity contribution is 7.90. The second-order valence-corrected chi connectivity index (χ2v) is 12.4. The van der Waals surface area contributed by atoms with Crippen LogP contribution in [0.5, 0.6) is 11.5 Å². The summed E-state index contributed by atoms with van der Waals surface area (Å²) in [6, 6.07) is 11.6. The van der Waals surface area contributed by atoms with Crippen LogP contribution in [0.1, 0.15) is 32.4 Å². The van der Waals surface area contributed by atoms with Gasteiger partial charge in [-0.15, -0.1) is 4.72 Å². The Kier molecular flexibility index (Phi) is 9.17. The Balaban J connectivity index is 1.53. The molecule has 4 aromatic rings. The molecule has 2 aromatic heterocycles. The van der Waals surface area contributed by atoms with Gasteiger partial charge in [-0.25, -0.2) is 4.68 Å². The fourth-order valence-corrected chi connectivity index (χ4v) is 4.99. The van der Waals surface area contributed by atoms with Crippen molar-refractivity contribution in [1.82, 2.24) is 19.5 Å². The van der Waals surface area contributed by atoms with Crippen LogP contribution in [0, 0.1) is 0 Å². The molecular weight excluding hydrogens is 581 g/mol. The van der Waals surface area contributed by atoms with Crippen LogP contribution in [0.4, 0.5) is 13.2 Å². The molecule has 0 radical (unpaired) electrons. The van der Waals surface area contributed by atoms with Crippen molar-refractivity contribution in [2.75, 3.05) is 13.7 Å². The fraction of sp³-hybridized carbons (Fsp3) is 0.321. The summed E-state index contributed by atoms with van der Waals surface area (Å²) in [4.78, 5) is 16.8. The van der Waals surface area contributed by atoms with Gasteiger partial charge in [0.15, 0.2) is 6.04 Å². The van der Waals surface area contributed by atoms with Gasteiger partial charge in [-0.1, -0.05) is 23.7 Å². The number of nitrogens with zero attached hydrogens (tertiary/aromatic N) is 3. The van der Waals surface area contributed by atoms with Crippen molar-refractivity contribution in [1.29, 1.82) is 0 Å². The smallest absolute Gasteiger partial charge is 0.412 e. The van der Waals surface area contributed by atoms with Crippen molar-refractivity contribution in [3.05, 3.63) is 81.7 Å². The number of hydrogen-bond acceptors (Lipinski definition) is 7. The van der Waals surface area contributed by atoms with Crippen molar-refractivity contribution in [3.63, 3.8) is 0 Å². The Hall–Kier alpha value is -3.32. The van der Waals surface area contributed by atoms with Crippen molar-refractivity contribution < 1.29 is 27.2 Å². The maximum Gasteiger partial charge on any atom is 0.412 e. The molecule has 0 spiro atoms. The van der Waals surface area contributed by atoms with E-state index >= 15 is 0 Å². The van der Waals surface area contributed by atoms with E-state index in [0.29, 0.717) is 28.3 Å². The molecule has 0 aliphatic heterocycles. The first-order valence-electron chi connectivity index (χ1n) is 12.5. The number of ether oxygens (including phenoxy) is 2. The summed E-state index contributed by atoms with van der Waals surface area (Å²) in [5, 5.41) is 4.94. The van der Waals surface area contributed by atoms with E-state index in [2.05, 4.69) is 14.8 Å². The number of benzene rings is 2. The largest absolute Gasteiger partial charge is 0.598 e. The van der Waals surface area contributed by atoms with E-state index in [-0.39, 0.29) is 29.3 Å². The lowest BCUT2D eigenvalue weighted by atomic mass is 10.0. The summed E-state index contributed by atoms with van der Waals surface area (Å²) in [6.45, 7) is 4.92. The van der Waals surface area contributed by atoms with Crippen molar-refractivity contribution in [2.45, 2.75) is 44.3 Å². The average Bonchev–Trinajstić information content (AvgIpc) is 2.91. The normalized spacial score (nSPS) is 13.7. The number of alkyl halides is 3. The van der Waals surface area contributed by atoms with Gasteiger partial charge in [-0.2, -0.15) is 18.3 Å². The highest BCUT2D eigenvalue weighted by Gasteiger charge is 2.46. The fourth-order valence-electron chi connectivity index (χ4n) is 3.87. The van der Waals surface area contributed by atoms with Gasteiger partial charge >= 0.3 is 6.18 Å². The van der Waals surface area contributed by atoms with E-state index in [1.165, 1.54) is 35.0 Å². The van der Waals surface area contributed by atoms with E-state index in [1.807, 2.05) is 6.07 Å². The van der Waals surface area contributed by atoms with Crippen LogP contribution in [0.25, 0.3) is 22.2 Å². The van der Waals surface area contributed by atoms with Gasteiger partial charge in [-0.05, 0) is 51.1 Å². The van der Waals surface area contributed by atoms with Crippen LogP contribution >= 0.6 is 11.6 Å². The van der Waals surface area contributed by atoms with Gasteiger partial charge in [0.05, 0.1) is 24.9 Å². The molecule has 0 aliphatic carbocycles. The molecule has 0 fully saturated rings. The molecule has 0 saturated heterocycles. The van der Waals surface area contributed by atoms with Crippen molar-refractivity contribution in [3.8, 4) is 22.8 Å². The molecule has 2 aromatic carbocycles. The minimum absolute atomic E-state index is 0.108. The predicted octanol–water partition coefficient (Wildman–Crippen LogP) is 5.85. The van der Waals surface area contributed by atoms with Gasteiger partial charge in [0.2, 0.25) is 0 Å². The third-order valence-electron chi connectivity index (χ3n) is 6.05. The van der Waals surface area contributed by atoms with E-state index in [1.54, 1.807) is 52.3 Å². The number of hydrogen-bond donors (Lipinski definition) is 1. The molecule has 2 heterocycles. The molecule has 218 valence electrons. The topological polar surface area (TPSA) is 101 Å². The molecule has 2 atom stereocenters. The molecule has 1 unspecified atom stereocenters. The first kappa shape index (κ1) is 30.6. The number of methoxy groups -OCH3 is 1. The second-order valence-electron chi connectivity index (χ2n) is 10.0. The van der Waals surface area contributed by atoms with Gasteiger partial charge in [0.25, 0.3) is 5.56 Å². The molecule has 0 aliphatic rings. The maximum atomic E-state index is 13.9. The molecule has 4 rings (SSSR count). The molecule has 41 heavy (non-hydrogen) atoms. The number of aromatic nitrogens is 3. The van der Waals surface area contributed by atoms with Gasteiger partial charge in [-0.3, -0.25) is 9.78 Å². The Morgan fingerprint density at radius 2 is 1.85 bits per heavy atom. The number of nitrogens with one attached hydrogen (secondary N) is 1. The lowest BCUT2D eigenvalue weighted by Gasteiger charge is -2.29. The SMILES string of the molecule is COc1ccc2c(OCCn3nc(-c4ccc([C@@H](N[S+]([O-])C(C)(C)C)C(F)(F)F)c(Cl)c4)ccc3=O)ccnc2c1. The van der Waals surface area contributed by atoms with Gasteiger partial charge in [0, 0.05) is 51.2 Å². The van der Waals surface area contributed by atoms with Gasteiger partial charge in [0.1, 0.15) is 22.9 Å². The van der Waals surface area contributed by atoms with Crippen LogP contribution in [-0.4, -0.2) is 44.0 Å². The predicted molar refractivity (Wildman–Crippen MR) is 153 cm³/mol. The minimum atomic E-state index is -4.75. The standard InChI is InChI=1S/C28H28ClF3N4O4S/c1-27(2,3)41(38)35-26(28(30,31)32)19-7-5-17(15-21(19)29)22-9-10-25(37)36(34-22)13-14-40-24-11-12-33-23-16-18(39-4)6-8-20(23)24/h5-12,15-16,26,35H,13-14H2,1-4H3/t26-,41?/m1/s1. The highest BCUT2D eigenvalue weighted by atomic mass is 35.5. The quantitative estimate of drug-likeness (QED) is 0.238. The van der Waals surface area contributed by atoms with E-state index < -0.39 is 28.3 Å². The molecular formula is C28H28ClF3N4O4S. The summed E-state index contributed by atoms with van der Waals surface area (Å²) >= 11 is 4.30. The lowest BCUT2D eigenvalue weighted by Crippen LogP contribution is -2.45. The van der Waals surface area contributed by atoms with Crippen LogP contribution in [0.15, 0.2) is 65.6 Å². The number of fused-ring (bicyclic) bond motifs is 1. The highest BCUT2D eigenvalue weighted by Crippen LogP contribution is 2.39. The summed E-state index contributed by atoms with van der Waals surface area (Å²) in [5.74, 6) is 1.23. The summed E-state index contributed by atoms with van der Waals surface area (Å²) in [6.07, 6.45) is -3.14. The second kappa shape index (κ2) is 12.3. The Morgan fingerprint density at radius 3 is 2.51 bits per heavy atom. The average molecular weight is 609 g/mol. The van der Waals surface area contributed by atoms with E-state index in [0.717, 1.165) is 5.39 Å². The first-order valence-corrected chi connectivity index (χ1v) is 14.0. The van der Waals surface area contributed by atoms with Crippen LogP contribution in [-0.2, 0) is 17.9 Å². The zero-order valence-electron chi connectivity index (χ0n) is 22.7. The molecule has 0 bridgehead atoms. The van der Waals surface area contributed by atoms with Crippen molar-refractivity contribution in [2.24, 2.45) is 0 Å². The Bertz CT molecular complexity index is 1590.